The number of nitrogens with zero attached hydrogens (tertiary/aromatic N) is 2. The molecule has 0 saturated carbocycles. The van der Waals surface area contributed by atoms with Crippen molar-refractivity contribution in [2.45, 2.75) is 4.90 Å². The molecule has 6 nitrogen and oxygen atoms in total. The molecule has 1 aromatic heterocycles. The number of hydrogen-bond acceptors (Lipinski definition) is 6. The quantitative estimate of drug-likeness (QED) is 0.914. The molecule has 1 N–H and O–H groups in total. The average Bonchev–Trinajstić information content (AvgIpc) is 2.81. The van der Waals surface area contributed by atoms with Crippen LogP contribution >= 0.6 is 11.3 Å². The Labute approximate surface area is 108 Å². The molecule has 0 unspecified atom stereocenters. The number of aromatic nitrogens is 2. The van der Waals surface area contributed by atoms with E-state index in [4.69, 9.17) is 0 Å². The van der Waals surface area contributed by atoms with Crippen molar-refractivity contribution in [2.75, 3.05) is 11.6 Å². The zero-order valence-electron chi connectivity index (χ0n) is 9.32. The third-order valence-electron chi connectivity index (χ3n) is 2.10. The minimum absolute atomic E-state index is 0.104. The lowest BCUT2D eigenvalue weighted by atomic mass is 10.2. The number of carbonyl (C=O) groups is 1. The van der Waals surface area contributed by atoms with Crippen molar-refractivity contribution in [2.24, 2.45) is 0 Å². The van der Waals surface area contributed by atoms with Gasteiger partial charge in [0.25, 0.3) is 5.91 Å². The van der Waals surface area contributed by atoms with E-state index in [2.05, 4.69) is 15.5 Å². The summed E-state index contributed by atoms with van der Waals surface area (Å²) >= 11 is 1.18. The largest absolute Gasteiger partial charge is 0.296 e. The van der Waals surface area contributed by atoms with E-state index < -0.39 is 15.7 Å². The summed E-state index contributed by atoms with van der Waals surface area (Å²) in [4.78, 5) is 11.9. The number of nitrogens with one attached hydrogen (secondary N) is 1. The average molecular weight is 283 g/mol. The molecule has 0 atom stereocenters. The van der Waals surface area contributed by atoms with Gasteiger partial charge in [0, 0.05) is 11.8 Å². The topological polar surface area (TPSA) is 89.0 Å². The van der Waals surface area contributed by atoms with E-state index in [0.717, 1.165) is 6.26 Å². The van der Waals surface area contributed by atoms with Crippen LogP contribution in [0, 0.1) is 0 Å². The van der Waals surface area contributed by atoms with Crippen molar-refractivity contribution in [3.63, 3.8) is 0 Å². The number of rotatable bonds is 3. The Kier molecular flexibility index (Phi) is 3.39. The predicted octanol–water partition coefficient (Wildman–Crippen LogP) is 1.19. The van der Waals surface area contributed by atoms with Crippen LogP contribution in [0.15, 0.2) is 34.7 Å². The Morgan fingerprint density at radius 2 is 2.17 bits per heavy atom. The van der Waals surface area contributed by atoms with Gasteiger partial charge in [-0.1, -0.05) is 17.4 Å². The highest BCUT2D eigenvalue weighted by Gasteiger charge is 2.12. The first-order valence-corrected chi connectivity index (χ1v) is 7.61. The maximum absolute atomic E-state index is 11.8. The van der Waals surface area contributed by atoms with Crippen LogP contribution in [0.3, 0.4) is 0 Å². The maximum atomic E-state index is 11.8. The van der Waals surface area contributed by atoms with Gasteiger partial charge in [0.1, 0.15) is 5.51 Å². The molecular weight excluding hydrogens is 274 g/mol. The van der Waals surface area contributed by atoms with Gasteiger partial charge in [0.2, 0.25) is 5.13 Å². The molecule has 0 fully saturated rings. The predicted molar refractivity (Wildman–Crippen MR) is 67.4 cm³/mol. The molecule has 0 bridgehead atoms. The Morgan fingerprint density at radius 3 is 2.78 bits per heavy atom. The number of hydrogen-bond donors (Lipinski definition) is 1. The zero-order valence-corrected chi connectivity index (χ0v) is 11.0. The first-order chi connectivity index (χ1) is 8.47. The molecule has 0 radical (unpaired) electrons. The smallest absolute Gasteiger partial charge is 0.257 e. The molecule has 1 aromatic carbocycles. The second-order valence-corrected chi connectivity index (χ2v) is 6.35. The van der Waals surface area contributed by atoms with Gasteiger partial charge in [0.05, 0.1) is 4.90 Å². The van der Waals surface area contributed by atoms with Crippen LogP contribution in [0.4, 0.5) is 5.13 Å². The van der Waals surface area contributed by atoms with Gasteiger partial charge in [0.15, 0.2) is 9.84 Å². The molecule has 2 aromatic rings. The maximum Gasteiger partial charge on any atom is 0.257 e. The summed E-state index contributed by atoms with van der Waals surface area (Å²) in [5.41, 5.74) is 1.75. The van der Waals surface area contributed by atoms with Crippen molar-refractivity contribution < 1.29 is 13.2 Å². The molecule has 0 aliphatic carbocycles. The molecule has 0 spiro atoms. The fraction of sp³-hybridized carbons (Fsp3) is 0.100. The van der Waals surface area contributed by atoms with E-state index in [1.165, 1.54) is 41.1 Å². The van der Waals surface area contributed by atoms with E-state index in [0.29, 0.717) is 5.13 Å². The summed E-state index contributed by atoms with van der Waals surface area (Å²) in [5.74, 6) is -0.419. The van der Waals surface area contributed by atoms with E-state index in [9.17, 15) is 13.2 Å². The second kappa shape index (κ2) is 4.83. The minimum Gasteiger partial charge on any atom is -0.296 e. The number of anilines is 1. The Morgan fingerprint density at radius 1 is 1.39 bits per heavy atom. The van der Waals surface area contributed by atoms with E-state index in [1.807, 2.05) is 0 Å². The molecule has 94 valence electrons. The molecule has 2 rings (SSSR count). The van der Waals surface area contributed by atoms with Gasteiger partial charge in [-0.15, -0.1) is 10.2 Å². The summed E-state index contributed by atoms with van der Waals surface area (Å²) in [6, 6.07) is 5.82. The SMILES string of the molecule is CS(=O)(=O)c1cccc(C(=O)Nc2nncs2)c1. The van der Waals surface area contributed by atoms with Crippen LogP contribution < -0.4 is 5.32 Å². The summed E-state index contributed by atoms with van der Waals surface area (Å²) in [7, 11) is -3.33. The van der Waals surface area contributed by atoms with Crippen LogP contribution in [0.25, 0.3) is 0 Å². The van der Waals surface area contributed by atoms with Crippen LogP contribution in [0.2, 0.25) is 0 Å². The van der Waals surface area contributed by atoms with E-state index in [1.54, 1.807) is 0 Å². The van der Waals surface area contributed by atoms with Crippen LogP contribution in [-0.2, 0) is 9.84 Å². The Balaban J connectivity index is 2.26. The molecular formula is C10H9N3O3S2. The highest BCUT2D eigenvalue weighted by atomic mass is 32.2. The van der Waals surface area contributed by atoms with Crippen molar-refractivity contribution in [1.29, 1.82) is 0 Å². The fourth-order valence-electron chi connectivity index (χ4n) is 1.26. The van der Waals surface area contributed by atoms with Crippen LogP contribution in [0.1, 0.15) is 10.4 Å². The molecule has 1 amide bonds. The van der Waals surface area contributed by atoms with Gasteiger partial charge in [-0.2, -0.15) is 0 Å². The van der Waals surface area contributed by atoms with Crippen molar-refractivity contribution in [3.05, 3.63) is 35.3 Å². The third-order valence-corrected chi connectivity index (χ3v) is 3.82. The lowest BCUT2D eigenvalue weighted by Crippen LogP contribution is -2.12. The minimum atomic E-state index is -3.33. The highest BCUT2D eigenvalue weighted by Crippen LogP contribution is 2.14. The first kappa shape index (κ1) is 12.7. The van der Waals surface area contributed by atoms with Crippen LogP contribution in [-0.4, -0.2) is 30.8 Å². The molecule has 0 saturated heterocycles. The molecule has 1 heterocycles. The molecule has 0 aliphatic heterocycles. The number of sulfone groups is 1. The van der Waals surface area contributed by atoms with Crippen molar-refractivity contribution in [1.82, 2.24) is 10.2 Å². The molecule has 0 aliphatic rings. The van der Waals surface area contributed by atoms with Crippen molar-refractivity contribution >= 4 is 32.2 Å². The van der Waals surface area contributed by atoms with Gasteiger partial charge in [-0.05, 0) is 18.2 Å². The third kappa shape index (κ3) is 2.90. The highest BCUT2D eigenvalue weighted by molar-refractivity contribution is 7.90. The second-order valence-electron chi connectivity index (χ2n) is 3.50. The zero-order chi connectivity index (χ0) is 13.2. The monoisotopic (exact) mass is 283 g/mol. The van der Waals surface area contributed by atoms with Gasteiger partial charge < -0.3 is 0 Å². The Bertz CT molecular complexity index is 665. The van der Waals surface area contributed by atoms with E-state index in [-0.39, 0.29) is 10.5 Å². The fourth-order valence-corrected chi connectivity index (χ4v) is 2.37. The lowest BCUT2D eigenvalue weighted by molar-refractivity contribution is 0.102. The molecule has 8 heteroatoms. The standard InChI is InChI=1S/C10H9N3O3S2/c1-18(15,16)8-4-2-3-7(5-8)9(14)12-10-13-11-6-17-10/h2-6H,1H3,(H,12,13,14). The normalized spacial score (nSPS) is 11.2. The summed E-state index contributed by atoms with van der Waals surface area (Å²) in [5, 5.41) is 10.1. The Hall–Kier alpha value is -1.80. The summed E-state index contributed by atoms with van der Waals surface area (Å²) < 4.78 is 22.7. The van der Waals surface area contributed by atoms with E-state index >= 15 is 0 Å². The van der Waals surface area contributed by atoms with Gasteiger partial charge in [-0.3, -0.25) is 10.1 Å². The molecule has 18 heavy (non-hydrogen) atoms. The summed E-state index contributed by atoms with van der Waals surface area (Å²) in [6.07, 6.45) is 1.09. The van der Waals surface area contributed by atoms with Gasteiger partial charge >= 0.3 is 0 Å². The van der Waals surface area contributed by atoms with Crippen molar-refractivity contribution in [3.8, 4) is 0 Å². The first-order valence-electron chi connectivity index (χ1n) is 4.84. The lowest BCUT2D eigenvalue weighted by Gasteiger charge is -2.03. The van der Waals surface area contributed by atoms with Gasteiger partial charge in [-0.25, -0.2) is 8.42 Å². The number of carbonyl (C=O) groups excluding carboxylic acids is 1. The number of amides is 1. The summed E-state index contributed by atoms with van der Waals surface area (Å²) in [6.45, 7) is 0. The number of benzene rings is 1. The van der Waals surface area contributed by atoms with Crippen LogP contribution in [0.5, 0.6) is 0 Å².